The predicted octanol–water partition coefficient (Wildman–Crippen LogP) is 1.83. The molecule has 1 aliphatic rings. The molecule has 3 N–H and O–H groups in total. The minimum absolute atomic E-state index is 0.0743. The van der Waals surface area contributed by atoms with E-state index in [9.17, 15) is 22.8 Å². The molecule has 9 heteroatoms. The quantitative estimate of drug-likeness (QED) is 0.716. The average molecular weight is 355 g/mol. The average Bonchev–Trinajstić information content (AvgIpc) is 2.51. The van der Waals surface area contributed by atoms with Crippen molar-refractivity contribution in [2.75, 3.05) is 18.0 Å². The fraction of sp³-hybridized carbons (Fsp3) is 0.375. The van der Waals surface area contributed by atoms with Gasteiger partial charge in [-0.25, -0.2) is 18.0 Å². The van der Waals surface area contributed by atoms with E-state index in [1.54, 1.807) is 0 Å². The lowest BCUT2D eigenvalue weighted by Gasteiger charge is -2.38. The van der Waals surface area contributed by atoms with Crippen molar-refractivity contribution in [1.82, 2.24) is 10.3 Å². The van der Waals surface area contributed by atoms with Gasteiger partial charge in [-0.1, -0.05) is 0 Å². The number of piperazine rings is 1. The number of aromatic nitrogens is 1. The van der Waals surface area contributed by atoms with Crippen LogP contribution in [0.1, 0.15) is 24.2 Å². The standard InChI is InChI=1S/C16H16F3N3O3/c1-6-4-22(5-7(2)21-6)14-11(18)10(17)9-13(12(14)19)20-3-8(15(9)23)16(24)25/h3,6-7,21H,4-5H2,1-2H3,(H,20,23)(H,24,25)/t6-,7+. The van der Waals surface area contributed by atoms with Gasteiger partial charge in [-0.3, -0.25) is 4.79 Å². The second-order valence-corrected chi connectivity index (χ2v) is 6.25. The van der Waals surface area contributed by atoms with E-state index < -0.39 is 51.0 Å². The van der Waals surface area contributed by atoms with Gasteiger partial charge in [-0.15, -0.1) is 0 Å². The maximum atomic E-state index is 14.9. The van der Waals surface area contributed by atoms with Gasteiger partial charge in [-0.05, 0) is 13.8 Å². The molecule has 0 spiro atoms. The zero-order valence-electron chi connectivity index (χ0n) is 13.5. The van der Waals surface area contributed by atoms with Crippen LogP contribution in [0, 0.1) is 17.5 Å². The summed E-state index contributed by atoms with van der Waals surface area (Å²) in [6.45, 7) is 4.16. The molecule has 1 fully saturated rings. The number of carboxylic acid groups (broad SMARTS) is 1. The molecule has 0 saturated carbocycles. The van der Waals surface area contributed by atoms with Crippen LogP contribution < -0.4 is 15.6 Å². The third-order valence-electron chi connectivity index (χ3n) is 4.23. The molecule has 134 valence electrons. The smallest absolute Gasteiger partial charge is 0.341 e. The molecule has 25 heavy (non-hydrogen) atoms. The maximum Gasteiger partial charge on any atom is 0.341 e. The van der Waals surface area contributed by atoms with E-state index in [0.717, 1.165) is 6.20 Å². The van der Waals surface area contributed by atoms with Gasteiger partial charge in [0.25, 0.3) is 0 Å². The molecule has 1 aromatic carbocycles. The molecule has 1 saturated heterocycles. The third-order valence-corrected chi connectivity index (χ3v) is 4.23. The summed E-state index contributed by atoms with van der Waals surface area (Å²) in [7, 11) is 0. The number of carbonyl (C=O) groups is 1. The maximum absolute atomic E-state index is 14.9. The van der Waals surface area contributed by atoms with Crippen molar-refractivity contribution in [3.63, 3.8) is 0 Å². The van der Waals surface area contributed by atoms with Crippen LogP contribution in [-0.2, 0) is 0 Å². The Kier molecular flexibility index (Phi) is 4.19. The second kappa shape index (κ2) is 6.07. The molecule has 1 aromatic heterocycles. The Morgan fingerprint density at radius 1 is 1.16 bits per heavy atom. The third kappa shape index (κ3) is 2.74. The van der Waals surface area contributed by atoms with E-state index >= 15 is 0 Å². The van der Waals surface area contributed by atoms with Crippen molar-refractivity contribution in [2.24, 2.45) is 0 Å². The van der Waals surface area contributed by atoms with Gasteiger partial charge >= 0.3 is 5.97 Å². The molecule has 0 amide bonds. The summed E-state index contributed by atoms with van der Waals surface area (Å²) in [6, 6.07) is -0.149. The SMILES string of the molecule is C[C@@H]1CN(c2c(F)c(F)c3c(=O)c(C(=O)O)c[nH]c3c2F)C[C@H](C)N1. The van der Waals surface area contributed by atoms with Crippen LogP contribution in [0.5, 0.6) is 0 Å². The Morgan fingerprint density at radius 2 is 1.76 bits per heavy atom. The lowest BCUT2D eigenvalue weighted by molar-refractivity contribution is 0.0695. The fourth-order valence-electron chi connectivity index (χ4n) is 3.29. The normalized spacial score (nSPS) is 20.9. The number of rotatable bonds is 2. The van der Waals surface area contributed by atoms with Crippen LogP contribution in [-0.4, -0.2) is 41.2 Å². The van der Waals surface area contributed by atoms with Crippen LogP contribution in [0.4, 0.5) is 18.9 Å². The molecule has 2 atom stereocenters. The summed E-state index contributed by atoms with van der Waals surface area (Å²) >= 11 is 0. The highest BCUT2D eigenvalue weighted by Crippen LogP contribution is 2.32. The summed E-state index contributed by atoms with van der Waals surface area (Å²) in [5.74, 6) is -5.80. The second-order valence-electron chi connectivity index (χ2n) is 6.25. The number of benzene rings is 1. The number of nitrogens with one attached hydrogen (secondary N) is 2. The van der Waals surface area contributed by atoms with Crippen molar-refractivity contribution in [3.05, 3.63) is 39.4 Å². The van der Waals surface area contributed by atoms with Gasteiger partial charge in [0.15, 0.2) is 17.5 Å². The lowest BCUT2D eigenvalue weighted by Crippen LogP contribution is -2.54. The van der Waals surface area contributed by atoms with E-state index in [1.165, 1.54) is 4.90 Å². The number of pyridine rings is 1. The minimum atomic E-state index is -1.61. The van der Waals surface area contributed by atoms with E-state index in [4.69, 9.17) is 5.11 Å². The molecule has 0 bridgehead atoms. The molecule has 0 aliphatic carbocycles. The van der Waals surface area contributed by atoms with Crippen molar-refractivity contribution < 1.29 is 23.1 Å². The number of halogens is 3. The van der Waals surface area contributed by atoms with Gasteiger partial charge in [-0.2, -0.15) is 0 Å². The van der Waals surface area contributed by atoms with Crippen molar-refractivity contribution >= 4 is 22.6 Å². The highest BCUT2D eigenvalue weighted by atomic mass is 19.2. The number of anilines is 1. The van der Waals surface area contributed by atoms with Gasteiger partial charge in [0.05, 0.1) is 10.9 Å². The van der Waals surface area contributed by atoms with E-state index in [1.807, 2.05) is 13.8 Å². The lowest BCUT2D eigenvalue weighted by atomic mass is 10.1. The largest absolute Gasteiger partial charge is 0.477 e. The van der Waals surface area contributed by atoms with E-state index in [0.29, 0.717) is 0 Å². The zero-order valence-corrected chi connectivity index (χ0v) is 13.5. The molecular weight excluding hydrogens is 339 g/mol. The molecule has 0 radical (unpaired) electrons. The monoisotopic (exact) mass is 355 g/mol. The zero-order chi connectivity index (χ0) is 18.5. The summed E-state index contributed by atoms with van der Waals surface area (Å²) in [5, 5.41) is 11.2. The first-order chi connectivity index (χ1) is 11.7. The summed E-state index contributed by atoms with van der Waals surface area (Å²) in [4.78, 5) is 26.7. The summed E-state index contributed by atoms with van der Waals surface area (Å²) < 4.78 is 43.9. The highest BCUT2D eigenvalue weighted by molar-refractivity contribution is 5.93. The molecule has 1 aliphatic heterocycles. The van der Waals surface area contributed by atoms with E-state index in [-0.39, 0.29) is 25.2 Å². The van der Waals surface area contributed by atoms with Crippen molar-refractivity contribution in [2.45, 2.75) is 25.9 Å². The Morgan fingerprint density at radius 3 is 2.32 bits per heavy atom. The Hall–Kier alpha value is -2.55. The number of aromatic carboxylic acids is 1. The molecule has 3 rings (SSSR count). The first-order valence-corrected chi connectivity index (χ1v) is 7.68. The van der Waals surface area contributed by atoms with Crippen LogP contribution in [0.3, 0.4) is 0 Å². The van der Waals surface area contributed by atoms with Crippen LogP contribution in [0.2, 0.25) is 0 Å². The van der Waals surface area contributed by atoms with Gasteiger partial charge in [0.2, 0.25) is 5.43 Å². The predicted molar refractivity (Wildman–Crippen MR) is 85.7 cm³/mol. The van der Waals surface area contributed by atoms with Gasteiger partial charge < -0.3 is 20.3 Å². The van der Waals surface area contributed by atoms with Crippen LogP contribution in [0.15, 0.2) is 11.0 Å². The minimum Gasteiger partial charge on any atom is -0.477 e. The topological polar surface area (TPSA) is 85.4 Å². The van der Waals surface area contributed by atoms with E-state index in [2.05, 4.69) is 10.3 Å². The number of hydrogen-bond donors (Lipinski definition) is 3. The fourth-order valence-corrected chi connectivity index (χ4v) is 3.29. The number of aromatic amines is 1. The Labute approximate surface area is 140 Å². The number of nitrogens with zero attached hydrogens (tertiary/aromatic N) is 1. The summed E-state index contributed by atoms with van der Waals surface area (Å²) in [6.07, 6.45) is 0.778. The number of hydrogen-bond acceptors (Lipinski definition) is 4. The first kappa shape index (κ1) is 17.3. The van der Waals surface area contributed by atoms with Gasteiger partial charge in [0, 0.05) is 31.4 Å². The van der Waals surface area contributed by atoms with Crippen LogP contribution in [0.25, 0.3) is 10.9 Å². The molecule has 6 nitrogen and oxygen atoms in total. The number of H-pyrrole nitrogens is 1. The Bertz CT molecular complexity index is 918. The highest BCUT2D eigenvalue weighted by Gasteiger charge is 2.31. The number of fused-ring (bicyclic) bond motifs is 1. The van der Waals surface area contributed by atoms with Crippen LogP contribution >= 0.6 is 0 Å². The first-order valence-electron chi connectivity index (χ1n) is 7.68. The summed E-state index contributed by atoms with van der Waals surface area (Å²) in [5.41, 5.74) is -3.18. The number of carboxylic acids is 1. The molecule has 0 unspecified atom stereocenters. The van der Waals surface area contributed by atoms with Gasteiger partial charge in [0.1, 0.15) is 11.3 Å². The Balaban J connectivity index is 2.28. The molecule has 2 aromatic rings. The van der Waals surface area contributed by atoms with Crippen molar-refractivity contribution in [1.29, 1.82) is 0 Å². The van der Waals surface area contributed by atoms with Crippen molar-refractivity contribution in [3.8, 4) is 0 Å². The molecular formula is C16H16F3N3O3. The molecule has 2 heterocycles.